The fraction of sp³-hybridized carbons (Fsp3) is 0.923. The first-order chi connectivity index (χ1) is 14.1. The Balaban J connectivity index is 2.13. The summed E-state index contributed by atoms with van der Waals surface area (Å²) in [6.07, 6.45) is 11.3. The highest BCUT2D eigenvalue weighted by atomic mass is 28.4. The highest BCUT2D eigenvalue weighted by Gasteiger charge is 2.30. The molecule has 0 amide bonds. The maximum absolute atomic E-state index is 6.07. The number of hydrogen-bond donors (Lipinski definition) is 0. The van der Waals surface area contributed by atoms with Crippen molar-refractivity contribution in [3.8, 4) is 0 Å². The molecule has 2 fully saturated rings. The predicted octanol–water partition coefficient (Wildman–Crippen LogP) is 7.56. The molecule has 4 heteroatoms. The molecule has 2 rings (SSSR count). The maximum atomic E-state index is 6.07. The van der Waals surface area contributed by atoms with Crippen LogP contribution in [0.2, 0.25) is 19.6 Å². The van der Waals surface area contributed by atoms with E-state index in [4.69, 9.17) is 14.4 Å². The van der Waals surface area contributed by atoms with Crippen molar-refractivity contribution in [3.05, 3.63) is 0 Å². The summed E-state index contributed by atoms with van der Waals surface area (Å²) in [5.41, 5.74) is 2.51. The van der Waals surface area contributed by atoms with Gasteiger partial charge in [0.15, 0.2) is 8.32 Å². The predicted molar refractivity (Wildman–Crippen MR) is 136 cm³/mol. The van der Waals surface area contributed by atoms with E-state index in [1.54, 1.807) is 0 Å². The highest BCUT2D eigenvalue weighted by Crippen LogP contribution is 2.33. The first kappa shape index (κ1) is 25.8. The van der Waals surface area contributed by atoms with E-state index in [2.05, 4.69) is 54.3 Å². The molecular weight excluding hydrogens is 384 g/mol. The second kappa shape index (κ2) is 11.9. The Morgan fingerprint density at radius 2 is 1.23 bits per heavy atom. The average molecular weight is 435 g/mol. The van der Waals surface area contributed by atoms with Crippen LogP contribution in [0.4, 0.5) is 0 Å². The Labute approximate surface area is 188 Å². The molecule has 0 aliphatic heterocycles. The summed E-state index contributed by atoms with van der Waals surface area (Å²) in [4.78, 5) is 10.7. The summed E-state index contributed by atoms with van der Waals surface area (Å²) in [6, 6.07) is 0.943. The summed E-state index contributed by atoms with van der Waals surface area (Å²) >= 11 is 0. The average Bonchev–Trinajstić information content (AvgIpc) is 2.65. The van der Waals surface area contributed by atoms with Gasteiger partial charge in [-0.1, -0.05) is 40.5 Å². The van der Waals surface area contributed by atoms with Crippen LogP contribution in [0, 0.1) is 23.7 Å². The van der Waals surface area contributed by atoms with Crippen LogP contribution in [0.15, 0.2) is 9.98 Å². The van der Waals surface area contributed by atoms with Crippen molar-refractivity contribution in [1.29, 1.82) is 0 Å². The number of aliphatic imine (C=N–C) groups is 2. The van der Waals surface area contributed by atoms with Crippen molar-refractivity contribution >= 4 is 19.7 Å². The number of unbranched alkanes of at least 4 members (excludes halogenated alkanes) is 1. The molecule has 174 valence electrons. The molecule has 0 bridgehead atoms. The van der Waals surface area contributed by atoms with Gasteiger partial charge in [-0.25, -0.2) is 0 Å². The van der Waals surface area contributed by atoms with Crippen molar-refractivity contribution in [2.24, 2.45) is 33.7 Å². The molecule has 2 saturated carbocycles. The zero-order valence-electron chi connectivity index (χ0n) is 21.3. The monoisotopic (exact) mass is 434 g/mol. The second-order valence-electron chi connectivity index (χ2n) is 11.5. The SMILES string of the molecule is CC(=NC1C(C)CCCC1C)C(CCCCO[Si](C)(C)C)=NC1C(C)CCCC1C. The number of hydrogen-bond acceptors (Lipinski definition) is 3. The van der Waals surface area contributed by atoms with Gasteiger partial charge in [0, 0.05) is 6.61 Å². The minimum absolute atomic E-state index is 0.471. The van der Waals surface area contributed by atoms with E-state index in [0.717, 1.165) is 25.9 Å². The van der Waals surface area contributed by atoms with E-state index in [9.17, 15) is 0 Å². The van der Waals surface area contributed by atoms with Gasteiger partial charge in [0.05, 0.1) is 23.5 Å². The van der Waals surface area contributed by atoms with Crippen LogP contribution in [0.1, 0.15) is 92.4 Å². The van der Waals surface area contributed by atoms with Gasteiger partial charge >= 0.3 is 0 Å². The molecule has 0 heterocycles. The van der Waals surface area contributed by atoms with Crippen molar-refractivity contribution in [1.82, 2.24) is 0 Å². The Hall–Kier alpha value is -0.483. The van der Waals surface area contributed by atoms with Crippen molar-refractivity contribution in [3.63, 3.8) is 0 Å². The standard InChI is InChI=1S/C26H50N2OSi/c1-19-13-11-14-20(2)25(19)27-23(5)24(17-9-10-18-29-30(6,7)8)28-26-21(3)15-12-16-22(26)4/h19-22,25-26H,9-18H2,1-8H3. The summed E-state index contributed by atoms with van der Waals surface area (Å²) < 4.78 is 6.07. The zero-order chi connectivity index (χ0) is 22.3. The summed E-state index contributed by atoms with van der Waals surface area (Å²) in [5.74, 6) is 2.78. The zero-order valence-corrected chi connectivity index (χ0v) is 22.3. The van der Waals surface area contributed by atoms with Gasteiger partial charge in [0.1, 0.15) is 0 Å². The summed E-state index contributed by atoms with van der Waals surface area (Å²) in [5, 5.41) is 0. The van der Waals surface area contributed by atoms with Crippen LogP contribution < -0.4 is 0 Å². The molecule has 30 heavy (non-hydrogen) atoms. The topological polar surface area (TPSA) is 34.0 Å². The van der Waals surface area contributed by atoms with Crippen LogP contribution in [-0.2, 0) is 4.43 Å². The van der Waals surface area contributed by atoms with Crippen LogP contribution >= 0.6 is 0 Å². The molecule has 2 aliphatic carbocycles. The van der Waals surface area contributed by atoms with Gasteiger partial charge in [-0.05, 0) is 95.2 Å². The molecule has 2 aliphatic rings. The Bertz CT molecular complexity index is 560. The lowest BCUT2D eigenvalue weighted by molar-refractivity contribution is 0.251. The van der Waals surface area contributed by atoms with Crippen LogP contribution in [0.5, 0.6) is 0 Å². The van der Waals surface area contributed by atoms with Crippen molar-refractivity contribution in [2.75, 3.05) is 6.61 Å². The van der Waals surface area contributed by atoms with E-state index >= 15 is 0 Å². The molecule has 4 unspecified atom stereocenters. The molecule has 0 aromatic rings. The molecular formula is C26H50N2OSi. The minimum Gasteiger partial charge on any atom is -0.418 e. The lowest BCUT2D eigenvalue weighted by Gasteiger charge is -2.33. The van der Waals surface area contributed by atoms with E-state index in [1.807, 2.05) is 0 Å². The van der Waals surface area contributed by atoms with Crippen molar-refractivity contribution in [2.45, 2.75) is 124 Å². The minimum atomic E-state index is -1.41. The van der Waals surface area contributed by atoms with Gasteiger partial charge in [-0.2, -0.15) is 0 Å². The lowest BCUT2D eigenvalue weighted by Crippen LogP contribution is -2.32. The molecule has 0 radical (unpaired) electrons. The summed E-state index contributed by atoms with van der Waals surface area (Å²) in [6.45, 7) is 19.6. The number of rotatable bonds is 9. The molecule has 0 saturated heterocycles. The molecule has 0 spiro atoms. The van der Waals surface area contributed by atoms with Crippen LogP contribution in [0.3, 0.4) is 0 Å². The lowest BCUT2D eigenvalue weighted by atomic mass is 9.78. The Kier molecular flexibility index (Phi) is 10.3. The Morgan fingerprint density at radius 3 is 1.70 bits per heavy atom. The molecule has 0 aromatic heterocycles. The molecule has 3 nitrogen and oxygen atoms in total. The van der Waals surface area contributed by atoms with E-state index in [0.29, 0.717) is 35.8 Å². The van der Waals surface area contributed by atoms with E-state index in [-0.39, 0.29) is 0 Å². The molecule has 4 atom stereocenters. The quantitative estimate of drug-likeness (QED) is 0.209. The third-order valence-electron chi connectivity index (χ3n) is 7.38. The van der Waals surface area contributed by atoms with Gasteiger partial charge in [-0.15, -0.1) is 0 Å². The number of nitrogens with zero attached hydrogens (tertiary/aromatic N) is 2. The van der Waals surface area contributed by atoms with E-state index in [1.165, 1.54) is 49.9 Å². The second-order valence-corrected chi connectivity index (χ2v) is 16.0. The van der Waals surface area contributed by atoms with Gasteiger partial charge in [-0.3, -0.25) is 9.98 Å². The first-order valence-corrected chi connectivity index (χ1v) is 16.2. The Morgan fingerprint density at radius 1 is 0.767 bits per heavy atom. The fourth-order valence-corrected chi connectivity index (χ4v) is 6.18. The third-order valence-corrected chi connectivity index (χ3v) is 8.45. The first-order valence-electron chi connectivity index (χ1n) is 12.8. The van der Waals surface area contributed by atoms with Gasteiger partial charge in [0.25, 0.3) is 0 Å². The smallest absolute Gasteiger partial charge is 0.183 e. The largest absolute Gasteiger partial charge is 0.418 e. The van der Waals surface area contributed by atoms with Crippen molar-refractivity contribution < 1.29 is 4.43 Å². The third kappa shape index (κ3) is 8.22. The maximum Gasteiger partial charge on any atom is 0.183 e. The highest BCUT2D eigenvalue weighted by molar-refractivity contribution is 6.69. The summed E-state index contributed by atoms with van der Waals surface area (Å²) in [7, 11) is -1.41. The molecule has 0 N–H and O–H groups in total. The van der Waals surface area contributed by atoms with Gasteiger partial charge < -0.3 is 4.43 Å². The fourth-order valence-electron chi connectivity index (χ4n) is 5.43. The van der Waals surface area contributed by atoms with Gasteiger partial charge in [0.2, 0.25) is 0 Å². The van der Waals surface area contributed by atoms with Crippen LogP contribution in [0.25, 0.3) is 0 Å². The van der Waals surface area contributed by atoms with Crippen LogP contribution in [-0.4, -0.2) is 38.4 Å². The van der Waals surface area contributed by atoms with E-state index < -0.39 is 8.32 Å². The normalized spacial score (nSPS) is 34.3. The molecule has 0 aromatic carbocycles.